The van der Waals surface area contributed by atoms with Crippen LogP contribution in [0.5, 0.6) is 0 Å². The number of hydrogen-bond acceptors (Lipinski definition) is 1. The van der Waals surface area contributed by atoms with E-state index in [0.29, 0.717) is 0 Å². The number of hydrogen-bond donors (Lipinski definition) is 1. The summed E-state index contributed by atoms with van der Waals surface area (Å²) in [5, 5.41) is 0.818. The second-order valence-corrected chi connectivity index (χ2v) is 8.36. The zero-order valence-corrected chi connectivity index (χ0v) is 17.1. The third-order valence-electron chi connectivity index (χ3n) is 4.99. The lowest BCUT2D eigenvalue weighted by molar-refractivity contribution is 0.721. The highest BCUT2D eigenvalue weighted by Gasteiger charge is 2.25. The van der Waals surface area contributed by atoms with Crippen LogP contribution in [0, 0.1) is 27.7 Å². The molecule has 1 atom stereocenters. The SMILES string of the molecule is CC=C(CC(C)(S)c1cc(C)c(C)c(Cl)c1)c1ccc(C)c(C)c1. The Morgan fingerprint density at radius 1 is 1.04 bits per heavy atom. The molecule has 0 N–H and O–H groups in total. The van der Waals surface area contributed by atoms with Crippen LogP contribution >= 0.6 is 24.2 Å². The molecule has 0 aliphatic carbocycles. The summed E-state index contributed by atoms with van der Waals surface area (Å²) in [5.74, 6) is 0. The molecule has 2 aromatic rings. The molecule has 0 aromatic heterocycles. The average Bonchev–Trinajstić information content (AvgIpc) is 2.52. The van der Waals surface area contributed by atoms with E-state index in [2.05, 4.69) is 78.0 Å². The molecule has 0 bridgehead atoms. The van der Waals surface area contributed by atoms with E-state index < -0.39 is 0 Å². The fraction of sp³-hybridized carbons (Fsp3) is 0.364. The Hall–Kier alpha value is -1.18. The van der Waals surface area contributed by atoms with E-state index >= 15 is 0 Å². The largest absolute Gasteiger partial charge is 0.168 e. The molecular formula is C22H27ClS. The van der Waals surface area contributed by atoms with Crippen LogP contribution in [0.1, 0.15) is 53.6 Å². The van der Waals surface area contributed by atoms with Crippen molar-refractivity contribution < 1.29 is 0 Å². The van der Waals surface area contributed by atoms with Crippen molar-refractivity contribution in [2.45, 2.75) is 52.7 Å². The minimum absolute atomic E-state index is 0.275. The Balaban J connectivity index is 2.37. The summed E-state index contributed by atoms with van der Waals surface area (Å²) in [4.78, 5) is 0. The molecule has 24 heavy (non-hydrogen) atoms. The molecule has 0 nitrogen and oxygen atoms in total. The molecule has 0 saturated carbocycles. The first-order chi connectivity index (χ1) is 11.2. The van der Waals surface area contributed by atoms with E-state index in [-0.39, 0.29) is 4.75 Å². The predicted molar refractivity (Wildman–Crippen MR) is 111 cm³/mol. The van der Waals surface area contributed by atoms with Gasteiger partial charge in [-0.1, -0.05) is 41.9 Å². The molecule has 2 heteroatoms. The summed E-state index contributed by atoms with van der Waals surface area (Å²) < 4.78 is -0.275. The summed E-state index contributed by atoms with van der Waals surface area (Å²) in [6, 6.07) is 10.9. The molecule has 2 rings (SSSR count). The highest BCUT2D eigenvalue weighted by Crippen LogP contribution is 2.40. The fourth-order valence-electron chi connectivity index (χ4n) is 2.91. The van der Waals surface area contributed by atoms with Crippen molar-refractivity contribution in [2.75, 3.05) is 0 Å². The maximum atomic E-state index is 6.40. The van der Waals surface area contributed by atoms with Gasteiger partial charge in [-0.2, -0.15) is 12.6 Å². The van der Waals surface area contributed by atoms with Gasteiger partial charge in [0.05, 0.1) is 0 Å². The van der Waals surface area contributed by atoms with Crippen LogP contribution in [-0.2, 0) is 4.75 Å². The van der Waals surface area contributed by atoms with E-state index in [4.69, 9.17) is 24.2 Å². The van der Waals surface area contributed by atoms with Crippen molar-refractivity contribution in [1.82, 2.24) is 0 Å². The molecule has 0 fully saturated rings. The van der Waals surface area contributed by atoms with Crippen LogP contribution in [0.15, 0.2) is 36.4 Å². The van der Waals surface area contributed by atoms with Crippen molar-refractivity contribution in [3.63, 3.8) is 0 Å². The predicted octanol–water partition coefficient (Wildman–Crippen LogP) is 7.21. The van der Waals surface area contributed by atoms with Crippen molar-refractivity contribution in [3.05, 3.63) is 74.8 Å². The number of thiol groups is 1. The Labute approximate surface area is 157 Å². The Morgan fingerprint density at radius 2 is 1.71 bits per heavy atom. The number of allylic oxidation sites excluding steroid dienone is 2. The zero-order chi connectivity index (χ0) is 18.1. The summed E-state index contributed by atoms with van der Waals surface area (Å²) in [7, 11) is 0. The topological polar surface area (TPSA) is 0 Å². The van der Waals surface area contributed by atoms with Gasteiger partial charge in [-0.15, -0.1) is 0 Å². The van der Waals surface area contributed by atoms with Crippen LogP contribution in [0.25, 0.3) is 5.57 Å². The lowest BCUT2D eigenvalue weighted by Crippen LogP contribution is -2.15. The van der Waals surface area contributed by atoms with Crippen LogP contribution in [0.2, 0.25) is 5.02 Å². The third kappa shape index (κ3) is 4.07. The molecule has 0 amide bonds. The molecule has 2 aromatic carbocycles. The smallest absolute Gasteiger partial charge is 0.0441 e. The fourth-order valence-corrected chi connectivity index (χ4v) is 3.48. The molecule has 0 spiro atoms. The van der Waals surface area contributed by atoms with Crippen molar-refractivity contribution in [2.24, 2.45) is 0 Å². The van der Waals surface area contributed by atoms with Crippen LogP contribution in [-0.4, -0.2) is 0 Å². The van der Waals surface area contributed by atoms with Crippen LogP contribution in [0.4, 0.5) is 0 Å². The molecule has 0 saturated heterocycles. The quantitative estimate of drug-likeness (QED) is 0.548. The van der Waals surface area contributed by atoms with Crippen molar-refractivity contribution in [1.29, 1.82) is 0 Å². The van der Waals surface area contributed by atoms with Crippen molar-refractivity contribution in [3.8, 4) is 0 Å². The van der Waals surface area contributed by atoms with E-state index in [1.807, 2.05) is 0 Å². The minimum Gasteiger partial charge on any atom is -0.168 e. The lowest BCUT2D eigenvalue weighted by atomic mass is 9.87. The molecule has 128 valence electrons. The first kappa shape index (κ1) is 19.1. The monoisotopic (exact) mass is 358 g/mol. The molecule has 0 heterocycles. The van der Waals surface area contributed by atoms with Gasteiger partial charge in [0.25, 0.3) is 0 Å². The second kappa shape index (κ2) is 7.37. The average molecular weight is 359 g/mol. The Bertz CT molecular complexity index is 762. The highest BCUT2D eigenvalue weighted by atomic mass is 35.5. The molecule has 1 unspecified atom stereocenters. The van der Waals surface area contributed by atoms with E-state index in [0.717, 1.165) is 17.0 Å². The summed E-state index contributed by atoms with van der Waals surface area (Å²) >= 11 is 11.4. The standard InChI is InChI=1S/C22H27ClS/c1-7-18(19-9-8-14(2)15(3)10-19)13-22(6,24)20-11-16(4)17(5)21(23)12-20/h7-12,24H,13H2,1-6H3. The van der Waals surface area contributed by atoms with E-state index in [1.165, 1.54) is 33.4 Å². The molecular weight excluding hydrogens is 332 g/mol. The summed E-state index contributed by atoms with van der Waals surface area (Å²) in [6.07, 6.45) is 3.05. The first-order valence-corrected chi connectivity index (χ1v) is 9.20. The maximum absolute atomic E-state index is 6.40. The van der Waals surface area contributed by atoms with E-state index in [9.17, 15) is 0 Å². The third-order valence-corrected chi connectivity index (χ3v) is 5.80. The Kier molecular flexibility index (Phi) is 5.88. The maximum Gasteiger partial charge on any atom is 0.0441 e. The zero-order valence-electron chi connectivity index (χ0n) is 15.5. The van der Waals surface area contributed by atoms with Crippen molar-refractivity contribution >= 4 is 29.8 Å². The highest BCUT2D eigenvalue weighted by molar-refractivity contribution is 7.81. The van der Waals surface area contributed by atoms with Gasteiger partial charge in [-0.25, -0.2) is 0 Å². The van der Waals surface area contributed by atoms with Gasteiger partial charge in [0, 0.05) is 9.77 Å². The van der Waals surface area contributed by atoms with Gasteiger partial charge in [-0.05, 0) is 93.0 Å². The molecule has 0 aliphatic heterocycles. The Morgan fingerprint density at radius 3 is 2.25 bits per heavy atom. The summed E-state index contributed by atoms with van der Waals surface area (Å²) in [6.45, 7) is 12.7. The van der Waals surface area contributed by atoms with E-state index in [1.54, 1.807) is 0 Å². The normalized spacial score (nSPS) is 14.6. The van der Waals surface area contributed by atoms with Gasteiger partial charge < -0.3 is 0 Å². The number of halogens is 1. The van der Waals surface area contributed by atoms with Crippen LogP contribution in [0.3, 0.4) is 0 Å². The number of benzene rings is 2. The van der Waals surface area contributed by atoms with Gasteiger partial charge >= 0.3 is 0 Å². The first-order valence-electron chi connectivity index (χ1n) is 8.38. The van der Waals surface area contributed by atoms with Crippen LogP contribution < -0.4 is 0 Å². The minimum atomic E-state index is -0.275. The number of aryl methyl sites for hydroxylation is 3. The lowest BCUT2D eigenvalue weighted by Gasteiger charge is -2.27. The molecule has 0 radical (unpaired) electrons. The second-order valence-electron chi connectivity index (χ2n) is 6.96. The van der Waals surface area contributed by atoms with Gasteiger partial charge in [0.1, 0.15) is 0 Å². The number of rotatable bonds is 4. The van der Waals surface area contributed by atoms with Gasteiger partial charge in [0.2, 0.25) is 0 Å². The van der Waals surface area contributed by atoms with Gasteiger partial charge in [-0.3, -0.25) is 0 Å². The summed E-state index contributed by atoms with van der Waals surface area (Å²) in [5.41, 5.74) is 8.75. The molecule has 0 aliphatic rings. The van der Waals surface area contributed by atoms with Gasteiger partial charge in [0.15, 0.2) is 0 Å².